The number of hydrogen-bond acceptors (Lipinski definition) is 5. The number of anilines is 1. The fourth-order valence-corrected chi connectivity index (χ4v) is 4.67. The molecule has 0 saturated heterocycles. The van der Waals surface area contributed by atoms with E-state index in [1.807, 2.05) is 54.3 Å². The summed E-state index contributed by atoms with van der Waals surface area (Å²) in [5, 5.41) is 3.49. The quantitative estimate of drug-likeness (QED) is 0.555. The van der Waals surface area contributed by atoms with Crippen LogP contribution >= 0.6 is 0 Å². The Morgan fingerprint density at radius 1 is 0.853 bits per heavy atom. The zero-order valence-corrected chi connectivity index (χ0v) is 19.1. The number of carbonyl (C=O) groups excluding carboxylic acids is 3. The monoisotopic (exact) mass is 455 g/mol. The van der Waals surface area contributed by atoms with E-state index in [0.29, 0.717) is 34.5 Å². The predicted molar refractivity (Wildman–Crippen MR) is 128 cm³/mol. The molecule has 0 bridgehead atoms. The van der Waals surface area contributed by atoms with E-state index in [4.69, 9.17) is 4.74 Å². The second-order valence-corrected chi connectivity index (χ2v) is 8.40. The molecule has 0 saturated carbocycles. The van der Waals surface area contributed by atoms with Gasteiger partial charge >= 0.3 is 0 Å². The Labute approximate surface area is 197 Å². The first-order valence-electron chi connectivity index (χ1n) is 11.3. The third-order valence-corrected chi connectivity index (χ3v) is 6.31. The number of ether oxygens (including phenoxy) is 1. The molecule has 1 atom stereocenters. The molecule has 3 aromatic carbocycles. The smallest absolute Gasteiger partial charge is 0.261 e. The molecule has 0 spiro atoms. The molecule has 2 aliphatic heterocycles. The highest BCUT2D eigenvalue weighted by Crippen LogP contribution is 2.35. The van der Waals surface area contributed by atoms with Gasteiger partial charge in [0.05, 0.1) is 30.3 Å². The van der Waals surface area contributed by atoms with Gasteiger partial charge in [-0.15, -0.1) is 0 Å². The molecule has 2 heterocycles. The fourth-order valence-electron chi connectivity index (χ4n) is 4.67. The Morgan fingerprint density at radius 2 is 1.50 bits per heavy atom. The number of hydrogen-bond donors (Lipinski definition) is 1. The Balaban J connectivity index is 1.51. The minimum absolute atomic E-state index is 0.0288. The van der Waals surface area contributed by atoms with E-state index < -0.39 is 0 Å². The summed E-state index contributed by atoms with van der Waals surface area (Å²) >= 11 is 0. The van der Waals surface area contributed by atoms with Gasteiger partial charge in [-0.05, 0) is 48.4 Å². The summed E-state index contributed by atoms with van der Waals surface area (Å²) in [6.07, 6.45) is 0.429. The van der Waals surface area contributed by atoms with Gasteiger partial charge in [0.2, 0.25) is 0 Å². The van der Waals surface area contributed by atoms with E-state index in [9.17, 15) is 14.4 Å². The molecule has 1 unspecified atom stereocenters. The van der Waals surface area contributed by atoms with Gasteiger partial charge < -0.3 is 15.0 Å². The van der Waals surface area contributed by atoms with Crippen molar-refractivity contribution >= 4 is 23.4 Å². The summed E-state index contributed by atoms with van der Waals surface area (Å²) < 4.78 is 5.55. The van der Waals surface area contributed by atoms with Crippen LogP contribution in [0.1, 0.15) is 61.7 Å². The predicted octanol–water partition coefficient (Wildman–Crippen LogP) is 4.47. The number of benzene rings is 3. The molecule has 1 N–H and O–H groups in total. The lowest BCUT2D eigenvalue weighted by atomic mass is 10.0. The van der Waals surface area contributed by atoms with Crippen LogP contribution in [0.5, 0.6) is 5.75 Å². The molecule has 3 amide bonds. The molecular weight excluding hydrogens is 430 g/mol. The van der Waals surface area contributed by atoms with Crippen molar-refractivity contribution < 1.29 is 19.1 Å². The Bertz CT molecular complexity index is 1270. The van der Waals surface area contributed by atoms with Crippen LogP contribution in [0.3, 0.4) is 0 Å². The van der Waals surface area contributed by atoms with Gasteiger partial charge in [-0.2, -0.15) is 0 Å². The van der Waals surface area contributed by atoms with Crippen molar-refractivity contribution in [2.75, 3.05) is 19.0 Å². The van der Waals surface area contributed by atoms with Crippen LogP contribution in [-0.4, -0.2) is 41.2 Å². The van der Waals surface area contributed by atoms with Gasteiger partial charge in [0.1, 0.15) is 11.9 Å². The van der Waals surface area contributed by atoms with Crippen molar-refractivity contribution in [1.29, 1.82) is 0 Å². The normalized spacial score (nSPS) is 16.9. The Kier molecular flexibility index (Phi) is 5.53. The van der Waals surface area contributed by atoms with Crippen LogP contribution in [0.25, 0.3) is 0 Å². The maximum absolute atomic E-state index is 13.3. The number of imide groups is 1. The first kappa shape index (κ1) is 21.7. The van der Waals surface area contributed by atoms with Gasteiger partial charge in [0.25, 0.3) is 17.7 Å². The van der Waals surface area contributed by atoms with Crippen LogP contribution < -0.4 is 10.1 Å². The molecule has 3 aromatic rings. The van der Waals surface area contributed by atoms with Gasteiger partial charge in [-0.1, -0.05) is 37.3 Å². The highest BCUT2D eigenvalue weighted by Gasteiger charge is 2.36. The SMILES string of the molecule is CCCN1C(=O)c2ccccc2NC1c1ccc(OC)c(CN2C(=O)c3ccccc3C2=O)c1. The number of methoxy groups -OCH3 is 1. The van der Waals surface area contributed by atoms with Crippen LogP contribution in [0.4, 0.5) is 5.69 Å². The topological polar surface area (TPSA) is 79.0 Å². The van der Waals surface area contributed by atoms with E-state index in [2.05, 4.69) is 5.32 Å². The maximum atomic E-state index is 13.3. The number of rotatable bonds is 6. The molecule has 0 aliphatic carbocycles. The van der Waals surface area contributed by atoms with Crippen LogP contribution in [0.15, 0.2) is 66.7 Å². The molecule has 5 rings (SSSR count). The molecule has 0 aromatic heterocycles. The molecule has 7 nitrogen and oxygen atoms in total. The lowest BCUT2D eigenvalue weighted by Crippen LogP contribution is -2.43. The zero-order chi connectivity index (χ0) is 23.8. The third kappa shape index (κ3) is 3.50. The van der Waals surface area contributed by atoms with E-state index in [-0.39, 0.29) is 30.4 Å². The van der Waals surface area contributed by atoms with Crippen LogP contribution in [-0.2, 0) is 6.54 Å². The molecule has 172 valence electrons. The highest BCUT2D eigenvalue weighted by molar-refractivity contribution is 6.21. The average molecular weight is 456 g/mol. The number of para-hydroxylation sites is 1. The van der Waals surface area contributed by atoms with Crippen molar-refractivity contribution in [1.82, 2.24) is 9.80 Å². The second-order valence-electron chi connectivity index (χ2n) is 8.40. The minimum Gasteiger partial charge on any atom is -0.496 e. The number of nitrogens with zero attached hydrogens (tertiary/aromatic N) is 2. The first-order valence-corrected chi connectivity index (χ1v) is 11.3. The van der Waals surface area contributed by atoms with Gasteiger partial charge in [0.15, 0.2) is 0 Å². The molecule has 0 radical (unpaired) electrons. The molecular formula is C27H25N3O4. The van der Waals surface area contributed by atoms with E-state index >= 15 is 0 Å². The fraction of sp³-hybridized carbons (Fsp3) is 0.222. The van der Waals surface area contributed by atoms with Gasteiger partial charge in [-0.25, -0.2) is 0 Å². The van der Waals surface area contributed by atoms with E-state index in [1.165, 1.54) is 4.90 Å². The number of nitrogens with one attached hydrogen (secondary N) is 1. The lowest BCUT2D eigenvalue weighted by molar-refractivity contribution is 0.0640. The number of amides is 3. The average Bonchev–Trinajstić information content (AvgIpc) is 3.10. The van der Waals surface area contributed by atoms with Crippen molar-refractivity contribution in [3.8, 4) is 5.75 Å². The second kappa shape index (κ2) is 8.67. The van der Waals surface area contributed by atoms with Crippen LogP contribution in [0.2, 0.25) is 0 Å². The summed E-state index contributed by atoms with van der Waals surface area (Å²) in [5.74, 6) is -0.0927. The number of carbonyl (C=O) groups is 3. The third-order valence-electron chi connectivity index (χ3n) is 6.31. The summed E-state index contributed by atoms with van der Waals surface area (Å²) in [5.41, 5.74) is 3.79. The zero-order valence-electron chi connectivity index (χ0n) is 19.1. The van der Waals surface area contributed by atoms with E-state index in [0.717, 1.165) is 17.7 Å². The van der Waals surface area contributed by atoms with Crippen molar-refractivity contribution in [2.24, 2.45) is 0 Å². The molecule has 7 heteroatoms. The lowest BCUT2D eigenvalue weighted by Gasteiger charge is -2.38. The molecule has 0 fully saturated rings. The number of fused-ring (bicyclic) bond motifs is 2. The summed E-state index contributed by atoms with van der Waals surface area (Å²) in [7, 11) is 1.56. The Hall–Kier alpha value is -4.13. The van der Waals surface area contributed by atoms with E-state index in [1.54, 1.807) is 31.4 Å². The van der Waals surface area contributed by atoms with Crippen molar-refractivity contribution in [3.63, 3.8) is 0 Å². The van der Waals surface area contributed by atoms with Gasteiger partial charge in [0, 0.05) is 17.8 Å². The first-order chi connectivity index (χ1) is 16.5. The Morgan fingerprint density at radius 3 is 2.15 bits per heavy atom. The van der Waals surface area contributed by atoms with Crippen molar-refractivity contribution in [2.45, 2.75) is 26.1 Å². The molecule has 2 aliphatic rings. The highest BCUT2D eigenvalue weighted by atomic mass is 16.5. The largest absolute Gasteiger partial charge is 0.496 e. The molecule has 34 heavy (non-hydrogen) atoms. The van der Waals surface area contributed by atoms with Gasteiger partial charge in [-0.3, -0.25) is 19.3 Å². The van der Waals surface area contributed by atoms with Crippen LogP contribution in [0, 0.1) is 0 Å². The van der Waals surface area contributed by atoms with Crippen molar-refractivity contribution in [3.05, 3.63) is 94.5 Å². The standard InChI is InChI=1S/C27H25N3O4/c1-3-14-29-24(28-22-11-7-6-10-21(22)27(29)33)17-12-13-23(34-2)18(15-17)16-30-25(31)19-8-4-5-9-20(19)26(30)32/h4-13,15,24,28H,3,14,16H2,1-2H3. The maximum Gasteiger partial charge on any atom is 0.261 e. The summed E-state index contributed by atoms with van der Waals surface area (Å²) in [4.78, 5) is 42.1. The summed E-state index contributed by atoms with van der Waals surface area (Å²) in [6.45, 7) is 2.70. The summed E-state index contributed by atoms with van der Waals surface area (Å²) in [6, 6.07) is 19.9. The minimum atomic E-state index is -0.380.